The molecule has 0 bridgehead atoms. The summed E-state index contributed by atoms with van der Waals surface area (Å²) in [5.74, 6) is 1.82. The van der Waals surface area contributed by atoms with Gasteiger partial charge in [-0.05, 0) is 53.8 Å². The molecule has 1 fully saturated rings. The van der Waals surface area contributed by atoms with Crippen LogP contribution in [0.5, 0.6) is 0 Å². The van der Waals surface area contributed by atoms with E-state index >= 15 is 0 Å². The Morgan fingerprint density at radius 3 is 2.81 bits per heavy atom. The molecule has 0 aliphatic heterocycles. The van der Waals surface area contributed by atoms with E-state index in [2.05, 4.69) is 54.0 Å². The molecule has 0 spiro atoms. The predicted octanol–water partition coefficient (Wildman–Crippen LogP) is 5.33. The number of hydrogen-bond acceptors (Lipinski definition) is 2. The normalized spacial score (nSPS) is 22.3. The summed E-state index contributed by atoms with van der Waals surface area (Å²) in [6.45, 7) is 4.60. The lowest BCUT2D eigenvalue weighted by molar-refractivity contribution is 0.274. The van der Waals surface area contributed by atoms with Crippen LogP contribution in [0.15, 0.2) is 41.8 Å². The van der Waals surface area contributed by atoms with Crippen molar-refractivity contribution in [1.82, 2.24) is 5.32 Å². The molecule has 21 heavy (non-hydrogen) atoms. The fraction of sp³-hybridized carbons (Fsp3) is 0.474. The maximum Gasteiger partial charge on any atom is 0.0300 e. The third-order valence-corrected chi connectivity index (χ3v) is 5.47. The second-order valence-corrected chi connectivity index (χ2v) is 7.43. The van der Waals surface area contributed by atoms with Crippen LogP contribution in [-0.2, 0) is 6.54 Å². The van der Waals surface area contributed by atoms with Crippen molar-refractivity contribution in [2.45, 2.75) is 39.2 Å². The van der Waals surface area contributed by atoms with Gasteiger partial charge in [0, 0.05) is 11.4 Å². The highest BCUT2D eigenvalue weighted by Crippen LogP contribution is 2.28. The van der Waals surface area contributed by atoms with Crippen molar-refractivity contribution < 1.29 is 0 Å². The molecule has 2 aromatic rings. The molecule has 1 aromatic carbocycles. The summed E-state index contributed by atoms with van der Waals surface area (Å²) in [4.78, 5) is 1.44. The van der Waals surface area contributed by atoms with Crippen LogP contribution in [0.1, 0.15) is 37.5 Å². The van der Waals surface area contributed by atoms with E-state index in [0.29, 0.717) is 0 Å². The van der Waals surface area contributed by atoms with E-state index in [1.54, 1.807) is 0 Å². The van der Waals surface area contributed by atoms with Crippen LogP contribution in [0.3, 0.4) is 0 Å². The van der Waals surface area contributed by atoms with Crippen LogP contribution in [-0.4, -0.2) is 6.54 Å². The Hall–Kier alpha value is -1.12. The van der Waals surface area contributed by atoms with Crippen molar-refractivity contribution >= 4 is 11.3 Å². The first kappa shape index (κ1) is 14.8. The van der Waals surface area contributed by atoms with Gasteiger partial charge in [0.1, 0.15) is 0 Å². The summed E-state index contributed by atoms with van der Waals surface area (Å²) in [5, 5.41) is 5.94. The van der Waals surface area contributed by atoms with Crippen molar-refractivity contribution in [3.63, 3.8) is 0 Å². The average molecular weight is 299 g/mol. The minimum atomic E-state index is 0.891. The Morgan fingerprint density at radius 2 is 2.00 bits per heavy atom. The molecule has 112 valence electrons. The Bertz CT molecular complexity index is 546. The molecule has 2 heteroatoms. The topological polar surface area (TPSA) is 12.0 Å². The quantitative estimate of drug-likeness (QED) is 0.786. The van der Waals surface area contributed by atoms with Crippen molar-refractivity contribution in [1.29, 1.82) is 0 Å². The molecule has 3 rings (SSSR count). The summed E-state index contributed by atoms with van der Waals surface area (Å²) in [5.41, 5.74) is 2.67. The fourth-order valence-electron chi connectivity index (χ4n) is 3.40. The highest BCUT2D eigenvalue weighted by Gasteiger charge is 2.18. The van der Waals surface area contributed by atoms with E-state index in [9.17, 15) is 0 Å². The molecule has 1 heterocycles. The zero-order valence-corrected chi connectivity index (χ0v) is 13.7. The van der Waals surface area contributed by atoms with Gasteiger partial charge in [-0.1, -0.05) is 50.1 Å². The van der Waals surface area contributed by atoms with Gasteiger partial charge in [0.05, 0.1) is 0 Å². The summed E-state index contributed by atoms with van der Waals surface area (Å²) in [6.07, 6.45) is 5.68. The molecule has 0 amide bonds. The van der Waals surface area contributed by atoms with Crippen LogP contribution >= 0.6 is 11.3 Å². The number of thiophene rings is 1. The Kier molecular flexibility index (Phi) is 5.10. The molecule has 1 aliphatic carbocycles. The lowest BCUT2D eigenvalue weighted by Crippen LogP contribution is -2.26. The first-order valence-electron chi connectivity index (χ1n) is 8.15. The molecule has 0 saturated heterocycles. The summed E-state index contributed by atoms with van der Waals surface area (Å²) < 4.78 is 0. The van der Waals surface area contributed by atoms with Gasteiger partial charge in [0.15, 0.2) is 0 Å². The molecule has 1 nitrogen and oxygen atoms in total. The van der Waals surface area contributed by atoms with Crippen LogP contribution in [0.2, 0.25) is 0 Å². The number of benzene rings is 1. The zero-order chi connectivity index (χ0) is 14.5. The van der Waals surface area contributed by atoms with Gasteiger partial charge in [-0.15, -0.1) is 11.3 Å². The standard InChI is InChI=1S/C19H25NS/c1-15-6-5-7-16(10-15)12-20-13-19-11-18(14-21-19)17-8-3-2-4-9-17/h2-4,8-9,11,14-16,20H,5-7,10,12-13H2,1H3. The molecule has 1 aliphatic rings. The van der Waals surface area contributed by atoms with Crippen LogP contribution < -0.4 is 5.32 Å². The minimum Gasteiger partial charge on any atom is -0.312 e. The van der Waals surface area contributed by atoms with Crippen LogP contribution in [0.4, 0.5) is 0 Å². The van der Waals surface area contributed by atoms with E-state index in [4.69, 9.17) is 0 Å². The summed E-state index contributed by atoms with van der Waals surface area (Å²) in [6, 6.07) is 13.0. The fourth-order valence-corrected chi connectivity index (χ4v) is 4.26. The van der Waals surface area contributed by atoms with Crippen molar-refractivity contribution in [2.24, 2.45) is 11.8 Å². The van der Waals surface area contributed by atoms with Gasteiger partial charge < -0.3 is 5.32 Å². The van der Waals surface area contributed by atoms with Crippen molar-refractivity contribution in [2.75, 3.05) is 6.54 Å². The molecular weight excluding hydrogens is 274 g/mol. The number of nitrogens with one attached hydrogen (secondary N) is 1. The van der Waals surface area contributed by atoms with E-state index in [0.717, 1.165) is 18.4 Å². The molecule has 0 radical (unpaired) electrons. The highest BCUT2D eigenvalue weighted by molar-refractivity contribution is 7.10. The van der Waals surface area contributed by atoms with Crippen molar-refractivity contribution in [3.05, 3.63) is 46.7 Å². The number of rotatable bonds is 5. The monoisotopic (exact) mass is 299 g/mol. The first-order valence-corrected chi connectivity index (χ1v) is 9.03. The van der Waals surface area contributed by atoms with E-state index < -0.39 is 0 Å². The molecule has 2 atom stereocenters. The SMILES string of the molecule is CC1CCCC(CNCc2cc(-c3ccccc3)cs2)C1. The molecule has 1 aromatic heterocycles. The second kappa shape index (κ2) is 7.24. The van der Waals surface area contributed by atoms with Gasteiger partial charge >= 0.3 is 0 Å². The number of hydrogen-bond donors (Lipinski definition) is 1. The van der Waals surface area contributed by atoms with Gasteiger partial charge in [-0.3, -0.25) is 0 Å². The Balaban J connectivity index is 1.49. The average Bonchev–Trinajstić information content (AvgIpc) is 2.97. The molecule has 1 N–H and O–H groups in total. The van der Waals surface area contributed by atoms with Crippen LogP contribution in [0.25, 0.3) is 11.1 Å². The van der Waals surface area contributed by atoms with Gasteiger partial charge in [-0.2, -0.15) is 0 Å². The van der Waals surface area contributed by atoms with Gasteiger partial charge in [0.25, 0.3) is 0 Å². The maximum absolute atomic E-state index is 3.67. The predicted molar refractivity (Wildman–Crippen MR) is 92.6 cm³/mol. The lowest BCUT2D eigenvalue weighted by Gasteiger charge is -2.26. The van der Waals surface area contributed by atoms with Crippen molar-refractivity contribution in [3.8, 4) is 11.1 Å². The van der Waals surface area contributed by atoms with E-state index in [1.807, 2.05) is 11.3 Å². The smallest absolute Gasteiger partial charge is 0.0300 e. The Labute approximate surface area is 132 Å². The molecular formula is C19H25NS. The van der Waals surface area contributed by atoms with Gasteiger partial charge in [-0.25, -0.2) is 0 Å². The molecule has 2 unspecified atom stereocenters. The zero-order valence-electron chi connectivity index (χ0n) is 12.8. The largest absolute Gasteiger partial charge is 0.312 e. The van der Waals surface area contributed by atoms with E-state index in [-0.39, 0.29) is 0 Å². The Morgan fingerprint density at radius 1 is 1.14 bits per heavy atom. The van der Waals surface area contributed by atoms with Gasteiger partial charge in [0.2, 0.25) is 0 Å². The van der Waals surface area contributed by atoms with Crippen LogP contribution in [0, 0.1) is 11.8 Å². The summed E-state index contributed by atoms with van der Waals surface area (Å²) in [7, 11) is 0. The maximum atomic E-state index is 3.67. The lowest BCUT2D eigenvalue weighted by atomic mass is 9.82. The third kappa shape index (κ3) is 4.18. The first-order chi connectivity index (χ1) is 10.3. The minimum absolute atomic E-state index is 0.891. The third-order valence-electron chi connectivity index (χ3n) is 4.54. The second-order valence-electron chi connectivity index (χ2n) is 6.44. The highest BCUT2D eigenvalue weighted by atomic mass is 32.1. The molecule has 1 saturated carbocycles. The van der Waals surface area contributed by atoms with E-state index in [1.165, 1.54) is 48.2 Å². The summed E-state index contributed by atoms with van der Waals surface area (Å²) >= 11 is 1.87.